The average molecular weight is 332 g/mol. The molecule has 0 radical (unpaired) electrons. The Labute approximate surface area is 123 Å². The lowest BCUT2D eigenvalue weighted by molar-refractivity contribution is 0.0947. The van der Waals surface area contributed by atoms with E-state index in [-0.39, 0.29) is 12.1 Å². The molecule has 2 nitrogen and oxygen atoms in total. The highest BCUT2D eigenvalue weighted by Crippen LogP contribution is 2.34. The first-order valence-corrected chi connectivity index (χ1v) is 7.64. The summed E-state index contributed by atoms with van der Waals surface area (Å²) < 4.78 is 0.938. The highest BCUT2D eigenvalue weighted by molar-refractivity contribution is 9.10. The van der Waals surface area contributed by atoms with Crippen LogP contribution in [0, 0.1) is 0 Å². The lowest BCUT2D eigenvalue weighted by Crippen LogP contribution is -2.48. The molecular weight excluding hydrogens is 312 g/mol. The van der Waals surface area contributed by atoms with Crippen molar-refractivity contribution in [3.05, 3.63) is 33.3 Å². The number of benzene rings is 1. The smallest absolute Gasteiger partial charge is 0.0551 e. The monoisotopic (exact) mass is 330 g/mol. The van der Waals surface area contributed by atoms with Gasteiger partial charge in [-0.25, -0.2) is 0 Å². The maximum absolute atomic E-state index is 6.33. The first-order chi connectivity index (χ1) is 8.50. The summed E-state index contributed by atoms with van der Waals surface area (Å²) in [5, 5.41) is 0.758. The van der Waals surface area contributed by atoms with Gasteiger partial charge in [0, 0.05) is 16.6 Å². The van der Waals surface area contributed by atoms with Gasteiger partial charge < -0.3 is 5.73 Å². The molecule has 1 aliphatic rings. The zero-order valence-corrected chi connectivity index (χ0v) is 13.2. The van der Waals surface area contributed by atoms with Gasteiger partial charge in [-0.05, 0) is 66.9 Å². The minimum Gasteiger partial charge on any atom is -0.326 e. The summed E-state index contributed by atoms with van der Waals surface area (Å²) >= 11 is 9.64. The van der Waals surface area contributed by atoms with Gasteiger partial charge in [0.2, 0.25) is 0 Å². The van der Waals surface area contributed by atoms with Gasteiger partial charge in [0.15, 0.2) is 0 Å². The van der Waals surface area contributed by atoms with Crippen LogP contribution >= 0.6 is 27.5 Å². The third kappa shape index (κ3) is 2.90. The molecule has 1 fully saturated rings. The van der Waals surface area contributed by atoms with Gasteiger partial charge in [-0.15, -0.1) is 0 Å². The van der Waals surface area contributed by atoms with Crippen LogP contribution in [0.1, 0.15) is 38.3 Å². The van der Waals surface area contributed by atoms with E-state index >= 15 is 0 Å². The minimum atomic E-state index is 0.193. The largest absolute Gasteiger partial charge is 0.326 e. The molecule has 2 atom stereocenters. The molecule has 2 rings (SSSR count). The molecule has 18 heavy (non-hydrogen) atoms. The lowest BCUT2D eigenvalue weighted by atomic mass is 9.90. The van der Waals surface area contributed by atoms with Gasteiger partial charge in [-0.1, -0.05) is 17.7 Å². The van der Waals surface area contributed by atoms with E-state index in [2.05, 4.69) is 40.7 Å². The molecule has 1 aromatic carbocycles. The molecule has 0 spiro atoms. The maximum atomic E-state index is 6.33. The topological polar surface area (TPSA) is 29.3 Å². The van der Waals surface area contributed by atoms with E-state index in [9.17, 15) is 0 Å². The molecule has 0 amide bonds. The van der Waals surface area contributed by atoms with E-state index in [4.69, 9.17) is 17.3 Å². The van der Waals surface area contributed by atoms with Crippen LogP contribution in [-0.4, -0.2) is 23.5 Å². The van der Waals surface area contributed by atoms with Crippen LogP contribution in [0.5, 0.6) is 0 Å². The molecule has 0 aliphatic carbocycles. The molecule has 1 heterocycles. The Hall–Kier alpha value is -0.0900. The van der Waals surface area contributed by atoms with E-state index in [1.54, 1.807) is 0 Å². The Bertz CT molecular complexity index is 422. The van der Waals surface area contributed by atoms with E-state index in [0.29, 0.717) is 6.04 Å². The molecular formula is C14H20BrClN2. The number of rotatable bonds is 2. The van der Waals surface area contributed by atoms with Crippen molar-refractivity contribution in [2.75, 3.05) is 6.54 Å². The Kier molecular flexibility index (Phi) is 4.70. The summed E-state index contributed by atoms with van der Waals surface area (Å²) in [7, 11) is 0. The summed E-state index contributed by atoms with van der Waals surface area (Å²) in [5.41, 5.74) is 7.56. The highest BCUT2D eigenvalue weighted by atomic mass is 79.9. The number of piperidine rings is 1. The quantitative estimate of drug-likeness (QED) is 0.888. The summed E-state index contributed by atoms with van der Waals surface area (Å²) in [6.07, 6.45) is 2.27. The van der Waals surface area contributed by atoms with Crippen molar-refractivity contribution in [3.63, 3.8) is 0 Å². The molecule has 100 valence electrons. The SMILES string of the molecule is CC(C)N1CCCC(N)C1c1ccc(Br)c(Cl)c1. The van der Waals surface area contributed by atoms with Crippen LogP contribution in [0.3, 0.4) is 0 Å². The van der Waals surface area contributed by atoms with E-state index in [1.165, 1.54) is 12.0 Å². The van der Waals surface area contributed by atoms with Crippen molar-refractivity contribution in [3.8, 4) is 0 Å². The Balaban J connectivity index is 2.34. The van der Waals surface area contributed by atoms with Crippen LogP contribution in [-0.2, 0) is 0 Å². The number of nitrogens with zero attached hydrogens (tertiary/aromatic N) is 1. The highest BCUT2D eigenvalue weighted by Gasteiger charge is 2.31. The number of likely N-dealkylation sites (tertiary alicyclic amines) is 1. The summed E-state index contributed by atoms with van der Waals surface area (Å²) in [5.74, 6) is 0. The zero-order valence-electron chi connectivity index (χ0n) is 10.9. The van der Waals surface area contributed by atoms with Gasteiger partial charge in [0.1, 0.15) is 0 Å². The molecule has 0 aromatic heterocycles. The second kappa shape index (κ2) is 5.91. The number of hydrogen-bond donors (Lipinski definition) is 1. The van der Waals surface area contributed by atoms with E-state index in [1.807, 2.05) is 12.1 Å². The van der Waals surface area contributed by atoms with Gasteiger partial charge in [0.25, 0.3) is 0 Å². The van der Waals surface area contributed by atoms with Crippen LogP contribution in [0.2, 0.25) is 5.02 Å². The maximum Gasteiger partial charge on any atom is 0.0551 e. The molecule has 1 aliphatic heterocycles. The van der Waals surface area contributed by atoms with Crippen molar-refractivity contribution >= 4 is 27.5 Å². The standard InChI is InChI=1S/C14H20BrClN2/c1-9(2)18-7-3-4-13(17)14(18)10-5-6-11(15)12(16)8-10/h5-6,8-9,13-14H,3-4,7,17H2,1-2H3. The van der Waals surface area contributed by atoms with Crippen molar-refractivity contribution in [2.24, 2.45) is 5.73 Å². The van der Waals surface area contributed by atoms with Gasteiger partial charge in [-0.3, -0.25) is 4.90 Å². The Morgan fingerprint density at radius 2 is 2.17 bits per heavy atom. The third-order valence-electron chi connectivity index (χ3n) is 3.67. The van der Waals surface area contributed by atoms with E-state index in [0.717, 1.165) is 22.5 Å². The Morgan fingerprint density at radius 3 is 2.78 bits per heavy atom. The zero-order chi connectivity index (χ0) is 13.3. The Morgan fingerprint density at radius 1 is 1.44 bits per heavy atom. The van der Waals surface area contributed by atoms with Crippen molar-refractivity contribution in [2.45, 2.75) is 44.8 Å². The van der Waals surface area contributed by atoms with Crippen molar-refractivity contribution in [1.82, 2.24) is 4.90 Å². The van der Waals surface area contributed by atoms with Gasteiger partial charge in [0.05, 0.1) is 11.1 Å². The van der Waals surface area contributed by atoms with Gasteiger partial charge in [-0.2, -0.15) is 0 Å². The third-order valence-corrected chi connectivity index (χ3v) is 4.90. The van der Waals surface area contributed by atoms with Crippen LogP contribution in [0.25, 0.3) is 0 Å². The fourth-order valence-corrected chi connectivity index (χ4v) is 3.20. The fourth-order valence-electron chi connectivity index (χ4n) is 2.77. The van der Waals surface area contributed by atoms with Crippen LogP contribution in [0.15, 0.2) is 22.7 Å². The summed E-state index contributed by atoms with van der Waals surface area (Å²) in [4.78, 5) is 2.48. The number of hydrogen-bond acceptors (Lipinski definition) is 2. The normalized spacial score (nSPS) is 25.7. The van der Waals surface area contributed by atoms with Crippen LogP contribution < -0.4 is 5.73 Å². The minimum absolute atomic E-state index is 0.193. The summed E-state index contributed by atoms with van der Waals surface area (Å²) in [6.45, 7) is 5.57. The average Bonchev–Trinajstić information content (AvgIpc) is 2.32. The molecule has 2 N–H and O–H groups in total. The predicted octanol–water partition coefficient (Wildman–Crippen LogP) is 3.98. The molecule has 0 saturated carbocycles. The first-order valence-electron chi connectivity index (χ1n) is 6.47. The van der Waals surface area contributed by atoms with Crippen molar-refractivity contribution < 1.29 is 0 Å². The van der Waals surface area contributed by atoms with Crippen LogP contribution in [0.4, 0.5) is 0 Å². The fraction of sp³-hybridized carbons (Fsp3) is 0.571. The van der Waals surface area contributed by atoms with Crippen molar-refractivity contribution in [1.29, 1.82) is 0 Å². The molecule has 1 aromatic rings. The second-order valence-electron chi connectivity index (χ2n) is 5.26. The molecule has 0 bridgehead atoms. The second-order valence-corrected chi connectivity index (χ2v) is 6.52. The first kappa shape index (κ1) is 14.3. The number of halogens is 2. The molecule has 1 saturated heterocycles. The summed E-state index contributed by atoms with van der Waals surface area (Å²) in [6, 6.07) is 7.15. The molecule has 4 heteroatoms. The van der Waals surface area contributed by atoms with E-state index < -0.39 is 0 Å². The molecule has 2 unspecified atom stereocenters. The van der Waals surface area contributed by atoms with Gasteiger partial charge >= 0.3 is 0 Å². The predicted molar refractivity (Wildman–Crippen MR) is 80.9 cm³/mol. The number of nitrogens with two attached hydrogens (primary N) is 1. The lowest BCUT2D eigenvalue weighted by Gasteiger charge is -2.42.